The molecule has 0 bridgehead atoms. The summed E-state index contributed by atoms with van der Waals surface area (Å²) in [4.78, 5) is 15.9. The maximum atomic E-state index is 13.1. The van der Waals surface area contributed by atoms with Crippen LogP contribution in [0.2, 0.25) is 0 Å². The smallest absolute Gasteiger partial charge is 0.219 e. The van der Waals surface area contributed by atoms with Crippen LogP contribution in [-0.2, 0) is 14.6 Å². The maximum absolute atomic E-state index is 13.1. The third-order valence-electron chi connectivity index (χ3n) is 4.11. The fraction of sp³-hybridized carbons (Fsp3) is 0.368. The van der Waals surface area contributed by atoms with Crippen LogP contribution in [0.15, 0.2) is 53.7 Å². The Morgan fingerprint density at radius 2 is 1.80 bits per heavy atom. The topological polar surface area (TPSA) is 76.1 Å². The van der Waals surface area contributed by atoms with Crippen molar-refractivity contribution in [3.05, 3.63) is 59.9 Å². The zero-order valence-electron chi connectivity index (χ0n) is 14.8. The van der Waals surface area contributed by atoms with Crippen molar-refractivity contribution in [1.29, 1.82) is 0 Å². The molecular weight excluding hydrogens is 336 g/mol. The Morgan fingerprint density at radius 1 is 1.12 bits per heavy atom. The second-order valence-corrected chi connectivity index (χ2v) is 8.33. The van der Waals surface area contributed by atoms with Gasteiger partial charge in [0.25, 0.3) is 0 Å². The lowest BCUT2D eigenvalue weighted by molar-refractivity contribution is -0.120. The van der Waals surface area contributed by atoms with E-state index in [0.29, 0.717) is 17.9 Å². The van der Waals surface area contributed by atoms with Gasteiger partial charge in [-0.05, 0) is 35.2 Å². The highest BCUT2D eigenvalue weighted by Crippen LogP contribution is 2.29. The number of carbonyl (C=O) groups is 1. The molecule has 1 N–H and O–H groups in total. The molecule has 1 aromatic heterocycles. The van der Waals surface area contributed by atoms with Crippen LogP contribution < -0.4 is 5.32 Å². The van der Waals surface area contributed by atoms with Crippen LogP contribution in [0.3, 0.4) is 0 Å². The molecule has 0 aliphatic carbocycles. The fourth-order valence-electron chi connectivity index (χ4n) is 2.51. The highest BCUT2D eigenvalue weighted by atomic mass is 32.2. The van der Waals surface area contributed by atoms with E-state index in [-0.39, 0.29) is 17.3 Å². The Kier molecular flexibility index (Phi) is 6.31. The molecular formula is C19H24N2O3S. The lowest BCUT2D eigenvalue weighted by atomic mass is 10.0. The van der Waals surface area contributed by atoms with Crippen LogP contribution >= 0.6 is 0 Å². The average Bonchev–Trinajstić information content (AvgIpc) is 2.62. The molecule has 0 spiro atoms. The molecule has 2 aromatic rings. The van der Waals surface area contributed by atoms with Gasteiger partial charge in [0.2, 0.25) is 5.91 Å². The van der Waals surface area contributed by atoms with Gasteiger partial charge < -0.3 is 5.32 Å². The lowest BCUT2D eigenvalue weighted by Crippen LogP contribution is -2.31. The van der Waals surface area contributed by atoms with Crippen LogP contribution in [0, 0.1) is 0 Å². The van der Waals surface area contributed by atoms with Gasteiger partial charge in [-0.2, -0.15) is 0 Å². The predicted octanol–water partition coefficient (Wildman–Crippen LogP) is 3.25. The first kappa shape index (κ1) is 19.1. The number of pyridine rings is 1. The Morgan fingerprint density at radius 3 is 2.32 bits per heavy atom. The van der Waals surface area contributed by atoms with Crippen LogP contribution in [0.1, 0.15) is 49.5 Å². The highest BCUT2D eigenvalue weighted by molar-refractivity contribution is 7.91. The summed E-state index contributed by atoms with van der Waals surface area (Å²) < 4.78 is 26.3. The number of benzene rings is 1. The van der Waals surface area contributed by atoms with Gasteiger partial charge in [-0.15, -0.1) is 0 Å². The number of rotatable bonds is 7. The molecule has 0 fully saturated rings. The summed E-state index contributed by atoms with van der Waals surface area (Å²) in [7, 11) is -3.66. The molecule has 5 nitrogen and oxygen atoms in total. The minimum Gasteiger partial charge on any atom is -0.354 e. The van der Waals surface area contributed by atoms with E-state index in [1.807, 2.05) is 12.1 Å². The molecule has 1 atom stereocenters. The average molecular weight is 360 g/mol. The van der Waals surface area contributed by atoms with Crippen molar-refractivity contribution in [2.45, 2.75) is 43.3 Å². The maximum Gasteiger partial charge on any atom is 0.219 e. The van der Waals surface area contributed by atoms with Crippen molar-refractivity contribution in [2.24, 2.45) is 0 Å². The zero-order chi connectivity index (χ0) is 18.4. The Hall–Kier alpha value is -2.21. The van der Waals surface area contributed by atoms with Gasteiger partial charge in [-0.3, -0.25) is 9.78 Å². The van der Waals surface area contributed by atoms with Gasteiger partial charge in [0.05, 0.1) is 4.90 Å². The van der Waals surface area contributed by atoms with Crippen molar-refractivity contribution < 1.29 is 13.2 Å². The number of hydrogen-bond donors (Lipinski definition) is 1. The van der Waals surface area contributed by atoms with Crippen LogP contribution in [0.25, 0.3) is 0 Å². The molecule has 0 saturated carbocycles. The van der Waals surface area contributed by atoms with E-state index in [0.717, 1.165) is 5.56 Å². The van der Waals surface area contributed by atoms with Gasteiger partial charge >= 0.3 is 0 Å². The SMILES string of the molecule is CCC(=O)NCC(c1cccnc1)S(=O)(=O)c1ccc(C(C)C)cc1. The third kappa shape index (κ3) is 4.66. The van der Waals surface area contributed by atoms with Crippen molar-refractivity contribution in [1.82, 2.24) is 10.3 Å². The normalized spacial score (nSPS) is 12.8. The first-order chi connectivity index (χ1) is 11.9. The minimum absolute atomic E-state index is 0.0205. The monoisotopic (exact) mass is 360 g/mol. The number of amides is 1. The second kappa shape index (κ2) is 8.25. The van der Waals surface area contributed by atoms with Gasteiger partial charge in [-0.25, -0.2) is 8.42 Å². The Bertz CT molecular complexity index is 800. The van der Waals surface area contributed by atoms with E-state index in [2.05, 4.69) is 24.1 Å². The minimum atomic E-state index is -3.66. The molecule has 1 heterocycles. The highest BCUT2D eigenvalue weighted by Gasteiger charge is 2.29. The van der Waals surface area contributed by atoms with E-state index < -0.39 is 15.1 Å². The number of nitrogens with zero attached hydrogens (tertiary/aromatic N) is 1. The fourth-order valence-corrected chi connectivity index (χ4v) is 4.16. The Balaban J connectivity index is 2.38. The summed E-state index contributed by atoms with van der Waals surface area (Å²) in [6.07, 6.45) is 3.43. The first-order valence-electron chi connectivity index (χ1n) is 8.36. The van der Waals surface area contributed by atoms with Crippen LogP contribution in [-0.4, -0.2) is 25.9 Å². The molecule has 0 aliphatic heterocycles. The quantitative estimate of drug-likeness (QED) is 0.822. The largest absolute Gasteiger partial charge is 0.354 e. The summed E-state index contributed by atoms with van der Waals surface area (Å²) >= 11 is 0. The molecule has 0 saturated heterocycles. The Labute approximate surface area is 149 Å². The van der Waals surface area contributed by atoms with Crippen LogP contribution in [0.5, 0.6) is 0 Å². The number of sulfone groups is 1. The number of aromatic nitrogens is 1. The summed E-state index contributed by atoms with van der Waals surface area (Å²) in [6.45, 7) is 5.87. The van der Waals surface area contributed by atoms with Crippen molar-refractivity contribution >= 4 is 15.7 Å². The number of nitrogens with one attached hydrogen (secondary N) is 1. The predicted molar refractivity (Wildman–Crippen MR) is 98.0 cm³/mol. The molecule has 0 aliphatic rings. The van der Waals surface area contributed by atoms with Gasteiger partial charge in [-0.1, -0.05) is 39.0 Å². The molecule has 1 amide bonds. The summed E-state index contributed by atoms with van der Waals surface area (Å²) in [6, 6.07) is 10.4. The zero-order valence-corrected chi connectivity index (χ0v) is 15.6. The van der Waals surface area contributed by atoms with E-state index in [1.54, 1.807) is 37.4 Å². The summed E-state index contributed by atoms with van der Waals surface area (Å²) in [5.41, 5.74) is 1.64. The summed E-state index contributed by atoms with van der Waals surface area (Å²) in [5, 5.41) is 1.82. The number of carbonyl (C=O) groups excluding carboxylic acids is 1. The van der Waals surface area contributed by atoms with E-state index >= 15 is 0 Å². The molecule has 134 valence electrons. The summed E-state index contributed by atoms with van der Waals surface area (Å²) in [5.74, 6) is 0.147. The third-order valence-corrected chi connectivity index (χ3v) is 6.23. The number of hydrogen-bond acceptors (Lipinski definition) is 4. The standard InChI is InChI=1S/C19H24N2O3S/c1-4-19(22)21-13-18(16-6-5-11-20-12-16)25(23,24)17-9-7-15(8-10-17)14(2)3/h5-12,14,18H,4,13H2,1-3H3,(H,21,22). The molecule has 2 rings (SSSR count). The molecule has 1 aromatic carbocycles. The molecule has 6 heteroatoms. The van der Waals surface area contributed by atoms with Gasteiger partial charge in [0.15, 0.2) is 9.84 Å². The first-order valence-corrected chi connectivity index (χ1v) is 9.91. The molecule has 0 radical (unpaired) electrons. The van der Waals surface area contributed by atoms with Crippen molar-refractivity contribution in [2.75, 3.05) is 6.54 Å². The second-order valence-electron chi connectivity index (χ2n) is 6.20. The molecule has 1 unspecified atom stereocenters. The van der Waals surface area contributed by atoms with E-state index in [1.165, 1.54) is 6.20 Å². The molecule has 25 heavy (non-hydrogen) atoms. The van der Waals surface area contributed by atoms with Crippen molar-refractivity contribution in [3.63, 3.8) is 0 Å². The van der Waals surface area contributed by atoms with Crippen LogP contribution in [0.4, 0.5) is 0 Å². The van der Waals surface area contributed by atoms with Gasteiger partial charge in [0.1, 0.15) is 5.25 Å². The van der Waals surface area contributed by atoms with Gasteiger partial charge in [0, 0.05) is 25.4 Å². The lowest BCUT2D eigenvalue weighted by Gasteiger charge is -2.19. The van der Waals surface area contributed by atoms with E-state index in [4.69, 9.17) is 0 Å². The van der Waals surface area contributed by atoms with E-state index in [9.17, 15) is 13.2 Å². The van der Waals surface area contributed by atoms with Crippen molar-refractivity contribution in [3.8, 4) is 0 Å².